The van der Waals surface area contributed by atoms with Crippen LogP contribution in [0.4, 0.5) is 5.69 Å². The van der Waals surface area contributed by atoms with Crippen molar-refractivity contribution < 1.29 is 18.0 Å². The lowest BCUT2D eigenvalue weighted by Crippen LogP contribution is -2.51. The fourth-order valence-electron chi connectivity index (χ4n) is 3.86. The van der Waals surface area contributed by atoms with Crippen molar-refractivity contribution in [3.8, 4) is 0 Å². The molecule has 0 aliphatic carbocycles. The number of sulfonamides is 1. The molecule has 0 radical (unpaired) electrons. The molecule has 37 heavy (non-hydrogen) atoms. The average molecular weight is 563 g/mol. The van der Waals surface area contributed by atoms with E-state index in [-0.39, 0.29) is 33.1 Å². The maximum absolute atomic E-state index is 13.8. The number of aryl methyl sites for hydroxylation is 1. The fraction of sp³-hybridized carbons (Fsp3) is 0.259. The summed E-state index contributed by atoms with van der Waals surface area (Å²) in [7, 11) is -2.66. The highest BCUT2D eigenvalue weighted by Crippen LogP contribution is 2.31. The summed E-state index contributed by atoms with van der Waals surface area (Å²) in [5.74, 6) is -0.878. The molecule has 0 aliphatic heterocycles. The number of anilines is 1. The van der Waals surface area contributed by atoms with Crippen LogP contribution in [-0.4, -0.2) is 44.8 Å². The highest BCUT2D eigenvalue weighted by Gasteiger charge is 2.33. The predicted octanol–water partition coefficient (Wildman–Crippen LogP) is 5.05. The third kappa shape index (κ3) is 6.83. The summed E-state index contributed by atoms with van der Waals surface area (Å²) in [4.78, 5) is 28.0. The Morgan fingerprint density at radius 2 is 1.59 bits per heavy atom. The second-order valence-corrected chi connectivity index (χ2v) is 11.1. The van der Waals surface area contributed by atoms with Gasteiger partial charge in [-0.2, -0.15) is 0 Å². The number of halogens is 2. The first-order valence-electron chi connectivity index (χ1n) is 11.7. The molecule has 0 heterocycles. The summed E-state index contributed by atoms with van der Waals surface area (Å²) >= 11 is 12.3. The first-order chi connectivity index (χ1) is 17.6. The van der Waals surface area contributed by atoms with Crippen molar-refractivity contribution >= 4 is 50.7 Å². The van der Waals surface area contributed by atoms with Gasteiger partial charge in [0.25, 0.3) is 10.0 Å². The Morgan fingerprint density at radius 1 is 0.946 bits per heavy atom. The Balaban J connectivity index is 2.06. The van der Waals surface area contributed by atoms with Crippen molar-refractivity contribution in [3.63, 3.8) is 0 Å². The van der Waals surface area contributed by atoms with E-state index in [2.05, 4.69) is 5.32 Å². The summed E-state index contributed by atoms with van der Waals surface area (Å²) in [6.07, 6.45) is 0.343. The van der Waals surface area contributed by atoms with Gasteiger partial charge < -0.3 is 10.2 Å². The molecule has 7 nitrogen and oxygen atoms in total. The van der Waals surface area contributed by atoms with E-state index < -0.39 is 28.5 Å². The van der Waals surface area contributed by atoms with Crippen LogP contribution in [0.5, 0.6) is 0 Å². The fourth-order valence-corrected chi connectivity index (χ4v) is 5.58. The molecule has 0 saturated heterocycles. The number of hydrogen-bond acceptors (Lipinski definition) is 4. The molecule has 1 N–H and O–H groups in total. The van der Waals surface area contributed by atoms with Crippen LogP contribution in [0.25, 0.3) is 0 Å². The molecule has 1 atom stereocenters. The Morgan fingerprint density at radius 3 is 2.16 bits per heavy atom. The number of likely N-dealkylation sites (N-methyl/N-ethyl adjacent to an activating group) is 1. The Labute approximate surface area is 228 Å². The normalized spacial score (nSPS) is 12.0. The molecule has 3 aromatic carbocycles. The van der Waals surface area contributed by atoms with Gasteiger partial charge in [0, 0.05) is 13.6 Å². The molecule has 0 aromatic heterocycles. The molecule has 2 amide bonds. The first kappa shape index (κ1) is 28.5. The third-order valence-corrected chi connectivity index (χ3v) is 8.43. The van der Waals surface area contributed by atoms with Gasteiger partial charge >= 0.3 is 0 Å². The molecule has 196 valence electrons. The lowest BCUT2D eigenvalue weighted by molar-refractivity contribution is -0.140. The number of amides is 2. The van der Waals surface area contributed by atoms with E-state index in [0.717, 1.165) is 15.4 Å². The smallest absolute Gasteiger partial charge is 0.264 e. The quantitative estimate of drug-likeness (QED) is 0.375. The lowest BCUT2D eigenvalue weighted by atomic mass is 10.1. The molecule has 0 fully saturated rings. The molecule has 0 spiro atoms. The Hall–Kier alpha value is -3.07. The summed E-state index contributed by atoms with van der Waals surface area (Å²) < 4.78 is 28.4. The molecule has 3 rings (SSSR count). The van der Waals surface area contributed by atoms with Crippen molar-refractivity contribution in [1.82, 2.24) is 10.2 Å². The minimum absolute atomic E-state index is 0.0114. The van der Waals surface area contributed by atoms with Gasteiger partial charge in [0.1, 0.15) is 12.6 Å². The van der Waals surface area contributed by atoms with Gasteiger partial charge in [-0.3, -0.25) is 13.9 Å². The highest BCUT2D eigenvalue weighted by molar-refractivity contribution is 7.92. The predicted molar refractivity (Wildman–Crippen MR) is 147 cm³/mol. The molecule has 0 saturated carbocycles. The van der Waals surface area contributed by atoms with E-state index in [1.165, 1.54) is 42.3 Å². The van der Waals surface area contributed by atoms with Crippen LogP contribution in [0.3, 0.4) is 0 Å². The molecular formula is C27H29Cl2N3O4S. The average Bonchev–Trinajstić information content (AvgIpc) is 2.90. The van der Waals surface area contributed by atoms with Crippen LogP contribution in [0, 0.1) is 6.92 Å². The number of carbonyl (C=O) groups is 2. The molecule has 0 bridgehead atoms. The minimum Gasteiger partial charge on any atom is -0.357 e. The van der Waals surface area contributed by atoms with E-state index in [1.807, 2.05) is 31.2 Å². The minimum atomic E-state index is -4.17. The van der Waals surface area contributed by atoms with Crippen molar-refractivity contribution in [2.45, 2.75) is 37.8 Å². The lowest BCUT2D eigenvalue weighted by Gasteiger charge is -2.33. The Bertz CT molecular complexity index is 1350. The number of nitrogens with one attached hydrogen (secondary N) is 1. The number of nitrogens with zero attached hydrogens (tertiary/aromatic N) is 2. The number of rotatable bonds is 10. The largest absolute Gasteiger partial charge is 0.357 e. The molecule has 10 heteroatoms. The van der Waals surface area contributed by atoms with Crippen LogP contribution >= 0.6 is 23.2 Å². The molecule has 0 unspecified atom stereocenters. The number of benzene rings is 3. The van der Waals surface area contributed by atoms with Crippen LogP contribution in [0.15, 0.2) is 77.7 Å². The third-order valence-electron chi connectivity index (χ3n) is 5.91. The maximum Gasteiger partial charge on any atom is 0.264 e. The van der Waals surface area contributed by atoms with E-state index >= 15 is 0 Å². The monoisotopic (exact) mass is 561 g/mol. The number of hydrogen-bond donors (Lipinski definition) is 1. The van der Waals surface area contributed by atoms with E-state index in [1.54, 1.807) is 25.1 Å². The zero-order valence-corrected chi connectivity index (χ0v) is 23.1. The second-order valence-electron chi connectivity index (χ2n) is 8.47. The van der Waals surface area contributed by atoms with Gasteiger partial charge in [-0.25, -0.2) is 8.42 Å². The van der Waals surface area contributed by atoms with Gasteiger partial charge in [-0.1, -0.05) is 78.2 Å². The van der Waals surface area contributed by atoms with Gasteiger partial charge in [0.2, 0.25) is 11.8 Å². The molecule has 3 aromatic rings. The SMILES string of the molecule is CC[C@@H](C(=O)NC)N(Cc1ccc(C)cc1)C(=O)CN(c1ccc(Cl)c(Cl)c1)S(=O)(=O)c1ccccc1. The van der Waals surface area contributed by atoms with Crippen molar-refractivity contribution in [3.05, 3.63) is 94.0 Å². The zero-order chi connectivity index (χ0) is 27.2. The summed E-state index contributed by atoms with van der Waals surface area (Å²) in [5, 5.41) is 3.00. The van der Waals surface area contributed by atoms with Crippen molar-refractivity contribution in [1.29, 1.82) is 0 Å². The van der Waals surface area contributed by atoms with Gasteiger partial charge in [-0.05, 0) is 49.2 Å². The standard InChI is InChI=1S/C27H29Cl2N3O4S/c1-4-25(27(34)30-3)31(17-20-12-10-19(2)11-13-20)26(33)18-32(21-14-15-23(28)24(29)16-21)37(35,36)22-8-6-5-7-9-22/h5-16,25H,4,17-18H2,1-3H3,(H,30,34)/t25-/m0/s1. The molecular weight excluding hydrogens is 533 g/mol. The molecule has 0 aliphatic rings. The Kier molecular flexibility index (Phi) is 9.59. The topological polar surface area (TPSA) is 86.8 Å². The van der Waals surface area contributed by atoms with E-state index in [9.17, 15) is 18.0 Å². The summed E-state index contributed by atoms with van der Waals surface area (Å²) in [6.45, 7) is 3.34. The second kappa shape index (κ2) is 12.4. The summed E-state index contributed by atoms with van der Waals surface area (Å²) in [5.41, 5.74) is 2.04. The van der Waals surface area contributed by atoms with Crippen LogP contribution in [-0.2, 0) is 26.2 Å². The van der Waals surface area contributed by atoms with Gasteiger partial charge in [-0.15, -0.1) is 0 Å². The maximum atomic E-state index is 13.8. The van der Waals surface area contributed by atoms with Gasteiger partial charge in [0.15, 0.2) is 0 Å². The van der Waals surface area contributed by atoms with Crippen LogP contribution < -0.4 is 9.62 Å². The van der Waals surface area contributed by atoms with E-state index in [0.29, 0.717) is 6.42 Å². The van der Waals surface area contributed by atoms with Crippen LogP contribution in [0.2, 0.25) is 10.0 Å². The van der Waals surface area contributed by atoms with Crippen LogP contribution in [0.1, 0.15) is 24.5 Å². The highest BCUT2D eigenvalue weighted by atomic mass is 35.5. The number of carbonyl (C=O) groups excluding carboxylic acids is 2. The zero-order valence-electron chi connectivity index (χ0n) is 20.8. The van der Waals surface area contributed by atoms with E-state index in [4.69, 9.17) is 23.2 Å². The van der Waals surface area contributed by atoms with Gasteiger partial charge in [0.05, 0.1) is 20.6 Å². The van der Waals surface area contributed by atoms with Crippen molar-refractivity contribution in [2.75, 3.05) is 17.9 Å². The first-order valence-corrected chi connectivity index (χ1v) is 13.9. The summed E-state index contributed by atoms with van der Waals surface area (Å²) in [6, 6.07) is 19.0. The van der Waals surface area contributed by atoms with Crippen molar-refractivity contribution in [2.24, 2.45) is 0 Å².